The summed E-state index contributed by atoms with van der Waals surface area (Å²) in [6, 6.07) is -19.8. The average molecular weight is 1610 g/mol. The lowest BCUT2D eigenvalue weighted by Crippen LogP contribution is -2.61. The number of aliphatic carboxylic acids is 3. The van der Waals surface area contributed by atoms with Gasteiger partial charge in [0, 0.05) is 39.0 Å². The number of nitrogens with zero attached hydrogens (tertiary/aromatic N) is 4. The van der Waals surface area contributed by atoms with Crippen LogP contribution in [0.15, 0.2) is 0 Å². The van der Waals surface area contributed by atoms with Crippen molar-refractivity contribution in [3.8, 4) is 0 Å². The van der Waals surface area contributed by atoms with Gasteiger partial charge in [-0.05, 0) is 152 Å². The maximum Gasteiger partial charge on any atom is 0.326 e. The van der Waals surface area contributed by atoms with Crippen LogP contribution >= 0.6 is 0 Å². The average Bonchev–Trinajstić information content (AvgIpc) is 1.59. The Morgan fingerprint density at radius 3 is 1.09 bits per heavy atom. The number of likely N-dealkylation sites (tertiary alicyclic amines) is 4. The fraction of sp³-hybridized carbons (Fsp3) is 0.763. The molecule has 38 nitrogen and oxygen atoms in total. The second-order valence-electron chi connectivity index (χ2n) is 32.7. The lowest BCUT2D eigenvalue weighted by atomic mass is 9.98. The summed E-state index contributed by atoms with van der Waals surface area (Å²) in [4.78, 5) is 253. The second kappa shape index (κ2) is 46.1. The molecule has 0 aliphatic carbocycles. The topological polar surface area (TPSA) is 579 Å². The molecule has 4 heterocycles. The largest absolute Gasteiger partial charge is 0.481 e. The summed E-state index contributed by atoms with van der Waals surface area (Å²) >= 11 is 0. The Morgan fingerprint density at radius 1 is 0.351 bits per heavy atom. The molecule has 4 fully saturated rings. The van der Waals surface area contributed by atoms with Gasteiger partial charge in [-0.1, -0.05) is 83.1 Å². The molecule has 0 aromatic carbocycles. The van der Waals surface area contributed by atoms with Crippen molar-refractivity contribution in [3.05, 3.63) is 0 Å². The maximum atomic E-state index is 14.7. The molecule has 4 rings (SSSR count). The molecule has 0 spiro atoms. The number of rotatable bonds is 46. The van der Waals surface area contributed by atoms with Crippen molar-refractivity contribution < 1.29 is 102 Å². The van der Waals surface area contributed by atoms with E-state index in [2.05, 4.69) is 53.2 Å². The standard InChI is InChI=1S/C76H127N17O21/c1-38(2)34-48(84-67(104)52-21-18-32-92(52)74(111)60(42(9)10)88-69(106)54-23-16-30-90(54)72(109)47(26-28-57(95)96)82-62(99)44(13)78)66(103)87-59(41(7)8)71(108)81-45(20-14-15-29-77)63(100)80-46(25-27-56(79)94)64(101)83-49(37-58(97)98)65(102)85-50(35-39(3)4)73(110)91-31-17-24-55(91)70(107)89-61(43(11)12)75(112)93-33-19-22-53(93)68(105)86-51(76(113)114)36-40(5)6/h38-55,59-61H,14-37,77-78H2,1-13H3,(H2,79,94)(H,80,100)(H,81,108)(H,82,99)(H,83,101)(H,84,104)(H,85,102)(H,86,105)(H,87,103)(H,88,106)(H,89,107)(H,95,96)(H,97,98)(H,113,114)/t44-,45-,46-,47-,48-,49-,50-,51-,52-,53-,54-,55-,59-,60-,61-/m0/s1. The zero-order valence-corrected chi connectivity index (χ0v) is 68.3. The first kappa shape index (κ1) is 96.7. The number of hydrogen-bond donors (Lipinski definition) is 16. The van der Waals surface area contributed by atoms with Gasteiger partial charge in [-0.15, -0.1) is 0 Å². The van der Waals surface area contributed by atoms with E-state index in [1.165, 1.54) is 26.5 Å². The molecule has 0 saturated carbocycles. The van der Waals surface area contributed by atoms with Gasteiger partial charge in [0.1, 0.15) is 84.6 Å². The molecule has 0 bridgehead atoms. The number of carboxylic acids is 3. The summed E-state index contributed by atoms with van der Waals surface area (Å²) < 4.78 is 0. The Kier molecular flexibility index (Phi) is 39.1. The third kappa shape index (κ3) is 29.3. The molecule has 4 aliphatic heterocycles. The van der Waals surface area contributed by atoms with E-state index in [0.29, 0.717) is 32.1 Å². The van der Waals surface area contributed by atoms with Crippen molar-refractivity contribution in [1.29, 1.82) is 0 Å². The lowest BCUT2D eigenvalue weighted by molar-refractivity contribution is -0.146. The molecule has 0 radical (unpaired) electrons. The molecular formula is C76H127N17O21. The summed E-state index contributed by atoms with van der Waals surface area (Å²) in [5, 5.41) is 55.5. The first-order valence-electron chi connectivity index (χ1n) is 40.1. The van der Waals surface area contributed by atoms with Gasteiger partial charge in [0.15, 0.2) is 0 Å². The first-order chi connectivity index (χ1) is 53.4. The maximum absolute atomic E-state index is 14.7. The van der Waals surface area contributed by atoms with E-state index in [9.17, 15) is 102 Å². The number of carboxylic acid groups (broad SMARTS) is 3. The minimum absolute atomic E-state index is 0.0202. The van der Waals surface area contributed by atoms with Crippen LogP contribution in [0.25, 0.3) is 0 Å². The molecule has 38 heteroatoms. The van der Waals surface area contributed by atoms with E-state index in [1.54, 1.807) is 83.1 Å². The predicted octanol–water partition coefficient (Wildman–Crippen LogP) is -1.93. The smallest absolute Gasteiger partial charge is 0.326 e. The van der Waals surface area contributed by atoms with Gasteiger partial charge in [0.2, 0.25) is 88.6 Å². The van der Waals surface area contributed by atoms with Crippen LogP contribution in [0.4, 0.5) is 0 Å². The normalized spacial score (nSPS) is 19.8. The fourth-order valence-electron chi connectivity index (χ4n) is 14.5. The Hall–Kier alpha value is -9.62. The van der Waals surface area contributed by atoms with Crippen molar-refractivity contribution in [2.75, 3.05) is 32.7 Å². The number of carbonyl (C=O) groups excluding carboxylic acids is 15. The number of primary amides is 1. The van der Waals surface area contributed by atoms with Crippen molar-refractivity contribution in [1.82, 2.24) is 72.8 Å². The highest BCUT2D eigenvalue weighted by Gasteiger charge is 2.47. The summed E-state index contributed by atoms with van der Waals surface area (Å²) in [7, 11) is 0. The van der Waals surface area contributed by atoms with Gasteiger partial charge in [-0.2, -0.15) is 0 Å². The molecular weight excluding hydrogens is 1490 g/mol. The van der Waals surface area contributed by atoms with Crippen LogP contribution in [0, 0.1) is 35.5 Å². The Morgan fingerprint density at radius 2 is 0.693 bits per heavy atom. The molecule has 15 atom stereocenters. The van der Waals surface area contributed by atoms with Crippen molar-refractivity contribution in [2.45, 2.75) is 303 Å². The predicted molar refractivity (Wildman–Crippen MR) is 413 cm³/mol. The van der Waals surface area contributed by atoms with E-state index in [1.807, 2.05) is 0 Å². The first-order valence-corrected chi connectivity index (χ1v) is 40.1. The third-order valence-electron chi connectivity index (χ3n) is 20.6. The number of nitrogens with two attached hydrogens (primary N) is 3. The van der Waals surface area contributed by atoms with Gasteiger partial charge >= 0.3 is 17.9 Å². The molecule has 0 aromatic rings. The summed E-state index contributed by atoms with van der Waals surface area (Å²) in [5.74, 6) is -18.7. The zero-order valence-electron chi connectivity index (χ0n) is 68.3. The fourth-order valence-corrected chi connectivity index (χ4v) is 14.5. The molecule has 4 saturated heterocycles. The SMILES string of the molecule is CC(C)C[C@H](NC(=O)[C@@H]1CCCN1C(=O)[C@@H](NC(=O)[C@@H]1CCCN1C(=O)[C@H](CC(C)C)NC(=O)[C@H](CC(=O)O)NC(=O)[C@H](CCC(N)=O)NC(=O)[C@H](CCCCN)NC(=O)[C@@H](NC(=O)[C@H](CC(C)C)NC(=O)[C@@H]1CCCN1C(=O)[C@@H](NC(=O)[C@@H]1CCCN1C(=O)[C@H](CCC(=O)O)NC(=O)[C@H](C)N)C(C)C)C(C)C)C(C)C)C(=O)O. The van der Waals surface area contributed by atoms with E-state index in [0.717, 1.165) is 0 Å². The van der Waals surface area contributed by atoms with Crippen LogP contribution in [0.2, 0.25) is 0 Å². The van der Waals surface area contributed by atoms with E-state index in [-0.39, 0.29) is 115 Å². The summed E-state index contributed by atoms with van der Waals surface area (Å²) in [5.41, 5.74) is 17.1. The minimum atomic E-state index is -1.96. The van der Waals surface area contributed by atoms with Crippen molar-refractivity contribution in [3.63, 3.8) is 0 Å². The third-order valence-corrected chi connectivity index (χ3v) is 20.6. The van der Waals surface area contributed by atoms with E-state index in [4.69, 9.17) is 17.2 Å². The molecule has 15 amide bonds. The van der Waals surface area contributed by atoms with Crippen LogP contribution in [-0.2, 0) is 86.3 Å². The number of nitrogens with one attached hydrogen (secondary N) is 10. The van der Waals surface area contributed by atoms with Crippen molar-refractivity contribution in [2.24, 2.45) is 52.7 Å². The Labute approximate surface area is 666 Å². The minimum Gasteiger partial charge on any atom is -0.481 e. The molecule has 114 heavy (non-hydrogen) atoms. The van der Waals surface area contributed by atoms with Gasteiger partial charge < -0.3 is 105 Å². The number of unbranched alkanes of at least 4 members (excludes halogenated alkanes) is 1. The van der Waals surface area contributed by atoms with Gasteiger partial charge in [-0.25, -0.2) is 4.79 Å². The van der Waals surface area contributed by atoms with Gasteiger partial charge in [0.25, 0.3) is 0 Å². The van der Waals surface area contributed by atoms with E-state index < -0.39 is 241 Å². The number of hydrogen-bond acceptors (Lipinski definition) is 20. The molecule has 642 valence electrons. The van der Waals surface area contributed by atoms with Crippen LogP contribution in [0.5, 0.6) is 0 Å². The van der Waals surface area contributed by atoms with Gasteiger partial charge in [-0.3, -0.25) is 81.5 Å². The number of amides is 15. The molecule has 19 N–H and O–H groups in total. The van der Waals surface area contributed by atoms with Crippen LogP contribution in [0.1, 0.15) is 212 Å². The zero-order chi connectivity index (χ0) is 85.9. The molecule has 0 unspecified atom stereocenters. The highest BCUT2D eigenvalue weighted by atomic mass is 16.4. The monoisotopic (exact) mass is 1610 g/mol. The van der Waals surface area contributed by atoms with E-state index >= 15 is 0 Å². The molecule has 4 aliphatic rings. The van der Waals surface area contributed by atoms with Crippen LogP contribution in [0.3, 0.4) is 0 Å². The second-order valence-corrected chi connectivity index (χ2v) is 32.7. The number of carbonyl (C=O) groups is 18. The van der Waals surface area contributed by atoms with Crippen LogP contribution in [-0.4, -0.2) is 265 Å². The highest BCUT2D eigenvalue weighted by molar-refractivity contribution is 6.01. The quantitative estimate of drug-likeness (QED) is 0.0295. The lowest BCUT2D eigenvalue weighted by Gasteiger charge is -2.33. The van der Waals surface area contributed by atoms with Crippen molar-refractivity contribution >= 4 is 107 Å². The summed E-state index contributed by atoms with van der Waals surface area (Å²) in [6.07, 6.45) is -0.201. The van der Waals surface area contributed by atoms with Gasteiger partial charge in [0.05, 0.1) is 12.5 Å². The molecule has 0 aromatic heterocycles. The Bertz CT molecular complexity index is 3420. The van der Waals surface area contributed by atoms with Crippen LogP contribution < -0.4 is 70.4 Å². The highest BCUT2D eigenvalue weighted by Crippen LogP contribution is 2.28. The Balaban J connectivity index is 1.52. The summed E-state index contributed by atoms with van der Waals surface area (Å²) in [6.45, 7) is 22.4.